The van der Waals surface area contributed by atoms with E-state index in [9.17, 15) is 4.79 Å². The van der Waals surface area contributed by atoms with Crippen LogP contribution in [0.25, 0.3) is 11.8 Å². The van der Waals surface area contributed by atoms with Gasteiger partial charge in [0.1, 0.15) is 0 Å². The van der Waals surface area contributed by atoms with Crippen molar-refractivity contribution in [2.45, 2.75) is 20.8 Å². The van der Waals surface area contributed by atoms with Crippen LogP contribution in [0.3, 0.4) is 0 Å². The predicted molar refractivity (Wildman–Crippen MR) is 127 cm³/mol. The molecule has 1 aromatic heterocycles. The lowest BCUT2D eigenvalue weighted by molar-refractivity contribution is -0.115. The third-order valence-corrected chi connectivity index (χ3v) is 6.57. The number of amidine groups is 1. The van der Waals surface area contributed by atoms with E-state index in [1.807, 2.05) is 6.08 Å². The minimum absolute atomic E-state index is 0.183. The average molecular weight is 456 g/mol. The van der Waals surface area contributed by atoms with Gasteiger partial charge in [-0.1, -0.05) is 47.0 Å². The van der Waals surface area contributed by atoms with Crippen LogP contribution in [0.4, 0.5) is 5.69 Å². The number of aliphatic imine (C=N–C) groups is 1. The summed E-state index contributed by atoms with van der Waals surface area (Å²) in [7, 11) is 0. The molecule has 4 nitrogen and oxygen atoms in total. The van der Waals surface area contributed by atoms with E-state index in [0.29, 0.717) is 25.8 Å². The smallest absolute Gasteiger partial charge is 0.264 e. The van der Waals surface area contributed by atoms with Crippen molar-refractivity contribution in [1.29, 1.82) is 0 Å². The van der Waals surface area contributed by atoms with Gasteiger partial charge in [0.25, 0.3) is 5.91 Å². The van der Waals surface area contributed by atoms with Crippen LogP contribution < -0.4 is 5.32 Å². The number of halogens is 2. The summed E-state index contributed by atoms with van der Waals surface area (Å²) in [4.78, 5) is 17.5. The van der Waals surface area contributed by atoms with Gasteiger partial charge in [-0.05, 0) is 74.5 Å². The molecule has 2 aromatic carbocycles. The maximum atomic E-state index is 12.5. The number of rotatable bonds is 3. The van der Waals surface area contributed by atoms with Crippen LogP contribution in [0.15, 0.2) is 58.4 Å². The first-order chi connectivity index (χ1) is 14.3. The molecule has 1 amide bonds. The summed E-state index contributed by atoms with van der Waals surface area (Å²) in [6, 6.07) is 15.7. The molecule has 152 valence electrons. The lowest BCUT2D eigenvalue weighted by atomic mass is 10.2. The van der Waals surface area contributed by atoms with Crippen molar-refractivity contribution in [3.63, 3.8) is 0 Å². The quantitative estimate of drug-likeness (QED) is 0.452. The topological polar surface area (TPSA) is 46.4 Å². The highest BCUT2D eigenvalue weighted by Crippen LogP contribution is 2.35. The van der Waals surface area contributed by atoms with Crippen LogP contribution in [0.5, 0.6) is 0 Å². The average Bonchev–Trinajstić information content (AvgIpc) is 3.19. The van der Waals surface area contributed by atoms with Gasteiger partial charge in [0.2, 0.25) is 0 Å². The summed E-state index contributed by atoms with van der Waals surface area (Å²) < 4.78 is 2.18. The number of thioether (sulfide) groups is 1. The van der Waals surface area contributed by atoms with Crippen LogP contribution in [0, 0.1) is 20.8 Å². The second kappa shape index (κ2) is 8.34. The summed E-state index contributed by atoms with van der Waals surface area (Å²) in [5, 5.41) is 4.06. The third-order valence-electron chi connectivity index (χ3n) is 4.85. The second-order valence-electron chi connectivity index (χ2n) is 7.05. The molecule has 1 N–H and O–H groups in total. The zero-order chi connectivity index (χ0) is 21.4. The molecule has 30 heavy (non-hydrogen) atoms. The van der Waals surface area contributed by atoms with Crippen molar-refractivity contribution in [2.75, 3.05) is 0 Å². The van der Waals surface area contributed by atoms with Gasteiger partial charge in [0.05, 0.1) is 20.6 Å². The minimum atomic E-state index is -0.183. The number of nitrogens with one attached hydrogen (secondary N) is 1. The standard InChI is InChI=1S/C23H19Cl2N3OS/c1-13-7-9-17(10-8-13)28-14(2)11-16(15(28)3)12-20-22(29)27-23(30-20)26-19-6-4-5-18(24)21(19)25/h4-12H,1-3H3,(H,26,27,29)/b20-12-. The van der Waals surface area contributed by atoms with E-state index < -0.39 is 0 Å². The predicted octanol–water partition coefficient (Wildman–Crippen LogP) is 6.60. The fourth-order valence-corrected chi connectivity index (χ4v) is 4.50. The summed E-state index contributed by atoms with van der Waals surface area (Å²) >= 11 is 13.5. The molecule has 1 saturated heterocycles. The van der Waals surface area contributed by atoms with Gasteiger partial charge in [0, 0.05) is 17.1 Å². The molecule has 7 heteroatoms. The Morgan fingerprint density at radius 2 is 1.80 bits per heavy atom. The van der Waals surface area contributed by atoms with Crippen LogP contribution in [-0.4, -0.2) is 15.6 Å². The maximum absolute atomic E-state index is 12.5. The van der Waals surface area contributed by atoms with Crippen molar-refractivity contribution in [3.05, 3.63) is 86.0 Å². The number of benzene rings is 2. The molecule has 0 spiro atoms. The van der Waals surface area contributed by atoms with E-state index in [1.165, 1.54) is 17.3 Å². The van der Waals surface area contributed by atoms with E-state index in [0.717, 1.165) is 22.6 Å². The fraction of sp³-hybridized carbons (Fsp3) is 0.130. The number of aromatic nitrogens is 1. The number of carbonyl (C=O) groups excluding carboxylic acids is 1. The molecule has 1 aliphatic heterocycles. The number of nitrogens with zero attached hydrogens (tertiary/aromatic N) is 2. The lowest BCUT2D eigenvalue weighted by Crippen LogP contribution is -2.19. The molecule has 0 saturated carbocycles. The molecule has 0 bridgehead atoms. The summed E-state index contributed by atoms with van der Waals surface area (Å²) in [6.07, 6.45) is 1.90. The first-order valence-corrected chi connectivity index (χ1v) is 10.9. The van der Waals surface area contributed by atoms with Crippen molar-refractivity contribution >= 4 is 57.8 Å². The molecular weight excluding hydrogens is 437 g/mol. The SMILES string of the molecule is Cc1ccc(-n2c(C)cc(/C=C3\SC(=Nc4cccc(Cl)c4Cl)NC3=O)c2C)cc1. The molecule has 3 aromatic rings. The highest BCUT2D eigenvalue weighted by Gasteiger charge is 2.25. The van der Waals surface area contributed by atoms with Crippen LogP contribution in [0.2, 0.25) is 10.0 Å². The van der Waals surface area contributed by atoms with Gasteiger partial charge in [0.15, 0.2) is 5.17 Å². The number of carbonyl (C=O) groups is 1. The number of aryl methyl sites for hydroxylation is 2. The Kier molecular flexibility index (Phi) is 5.78. The number of amides is 1. The monoisotopic (exact) mass is 455 g/mol. The first-order valence-electron chi connectivity index (χ1n) is 9.33. The van der Waals surface area contributed by atoms with E-state index in [2.05, 4.69) is 66.0 Å². The third kappa shape index (κ3) is 4.06. The van der Waals surface area contributed by atoms with Crippen LogP contribution >= 0.6 is 35.0 Å². The van der Waals surface area contributed by atoms with Gasteiger partial charge < -0.3 is 9.88 Å². The van der Waals surface area contributed by atoms with Gasteiger partial charge in [-0.3, -0.25) is 4.79 Å². The van der Waals surface area contributed by atoms with Gasteiger partial charge in [-0.2, -0.15) is 0 Å². The Morgan fingerprint density at radius 1 is 1.07 bits per heavy atom. The number of hydrogen-bond acceptors (Lipinski definition) is 3. The van der Waals surface area contributed by atoms with Gasteiger partial charge in [-0.15, -0.1) is 0 Å². The zero-order valence-corrected chi connectivity index (χ0v) is 19.0. The minimum Gasteiger partial charge on any atom is -0.318 e. The van der Waals surface area contributed by atoms with Crippen molar-refractivity contribution in [1.82, 2.24) is 9.88 Å². The molecule has 0 atom stereocenters. The molecule has 2 heterocycles. The molecular formula is C23H19Cl2N3OS. The molecule has 1 fully saturated rings. The fourth-order valence-electron chi connectivity index (χ4n) is 3.33. The Balaban J connectivity index is 1.65. The molecule has 4 rings (SSSR count). The van der Waals surface area contributed by atoms with Crippen molar-refractivity contribution in [2.24, 2.45) is 4.99 Å². The summed E-state index contributed by atoms with van der Waals surface area (Å²) in [5.41, 5.74) is 6.00. The van der Waals surface area contributed by atoms with Gasteiger partial charge in [-0.25, -0.2) is 4.99 Å². The largest absolute Gasteiger partial charge is 0.318 e. The van der Waals surface area contributed by atoms with E-state index in [-0.39, 0.29) is 5.91 Å². The lowest BCUT2D eigenvalue weighted by Gasteiger charge is -2.10. The van der Waals surface area contributed by atoms with Crippen LogP contribution in [-0.2, 0) is 4.79 Å². The first kappa shape index (κ1) is 20.8. The Morgan fingerprint density at radius 3 is 2.53 bits per heavy atom. The molecule has 1 aliphatic rings. The summed E-state index contributed by atoms with van der Waals surface area (Å²) in [5.74, 6) is -0.183. The molecule has 0 unspecified atom stereocenters. The summed E-state index contributed by atoms with van der Waals surface area (Å²) in [6.45, 7) is 6.18. The van der Waals surface area contributed by atoms with E-state index >= 15 is 0 Å². The Hall–Kier alpha value is -2.47. The Bertz CT molecular complexity index is 1210. The van der Waals surface area contributed by atoms with Crippen LogP contribution in [0.1, 0.15) is 22.5 Å². The Labute approximate surface area is 189 Å². The highest BCUT2D eigenvalue weighted by atomic mass is 35.5. The normalized spacial score (nSPS) is 16.5. The van der Waals surface area contributed by atoms with E-state index in [1.54, 1.807) is 18.2 Å². The maximum Gasteiger partial charge on any atom is 0.264 e. The second-order valence-corrected chi connectivity index (χ2v) is 8.87. The number of hydrogen-bond donors (Lipinski definition) is 1. The highest BCUT2D eigenvalue weighted by molar-refractivity contribution is 8.18. The van der Waals surface area contributed by atoms with Crippen molar-refractivity contribution < 1.29 is 4.79 Å². The van der Waals surface area contributed by atoms with Crippen molar-refractivity contribution in [3.8, 4) is 5.69 Å². The molecule has 0 radical (unpaired) electrons. The zero-order valence-electron chi connectivity index (χ0n) is 16.7. The molecule has 0 aliphatic carbocycles. The van der Waals surface area contributed by atoms with E-state index in [4.69, 9.17) is 23.2 Å². The van der Waals surface area contributed by atoms with Gasteiger partial charge >= 0.3 is 0 Å².